The van der Waals surface area contributed by atoms with Crippen molar-refractivity contribution in [2.75, 3.05) is 11.5 Å². The van der Waals surface area contributed by atoms with Crippen molar-refractivity contribution < 1.29 is 42.1 Å². The summed E-state index contributed by atoms with van der Waals surface area (Å²) in [6.07, 6.45) is -4.07. The molecule has 13 heteroatoms. The molecule has 0 saturated carbocycles. The molecule has 0 fully saturated rings. The molecule has 2 amide bonds. The number of amides is 2. The quantitative estimate of drug-likeness (QED) is 0.210. The van der Waals surface area contributed by atoms with E-state index in [-0.39, 0.29) is 41.5 Å². The number of aryl methyl sites for hydroxylation is 1. The molecule has 0 aliphatic carbocycles. The molecule has 0 spiro atoms. The van der Waals surface area contributed by atoms with Crippen LogP contribution in [0.5, 0.6) is 5.75 Å². The Balaban J connectivity index is 1.57. The van der Waals surface area contributed by atoms with Crippen molar-refractivity contribution in [3.8, 4) is 16.9 Å². The van der Waals surface area contributed by atoms with Crippen LogP contribution < -0.4 is 9.64 Å². The first-order chi connectivity index (χ1) is 21.4. The summed E-state index contributed by atoms with van der Waals surface area (Å²) in [6.45, 7) is 11.3. The van der Waals surface area contributed by atoms with Crippen molar-refractivity contribution >= 4 is 23.8 Å². The lowest BCUT2D eigenvalue weighted by Gasteiger charge is -2.26. The number of aliphatic hydroxyl groups excluding tert-OH is 1. The number of fused-ring (bicyclic) bond motifs is 1. The monoisotopic (exact) mass is 642 g/mol. The van der Waals surface area contributed by atoms with Crippen LogP contribution in [0.2, 0.25) is 0 Å². The SMILES string of the molecule is Cc1ccc(-c2ccn3nc(N(C(=O)OC(C)(C)C)C(=O)OC(C)(C)C)nc3c2)c(F)c1OCCC(F)C(O)c1ccc(F)cc1. The third-order valence-electron chi connectivity index (χ3n) is 6.48. The number of pyridine rings is 1. The minimum absolute atomic E-state index is 0.0935. The van der Waals surface area contributed by atoms with Crippen LogP contribution in [0.3, 0.4) is 0 Å². The number of anilines is 1. The number of aromatic nitrogens is 3. The van der Waals surface area contributed by atoms with Gasteiger partial charge in [0, 0.05) is 18.2 Å². The zero-order valence-electron chi connectivity index (χ0n) is 26.7. The topological polar surface area (TPSA) is 115 Å². The molecular formula is C33H37F3N4O6. The Morgan fingerprint density at radius 2 is 1.57 bits per heavy atom. The second-order valence-electron chi connectivity index (χ2n) is 12.6. The highest BCUT2D eigenvalue weighted by molar-refractivity contribution is 6.08. The van der Waals surface area contributed by atoms with Crippen LogP contribution in [0.1, 0.15) is 65.2 Å². The van der Waals surface area contributed by atoms with Crippen LogP contribution in [0.4, 0.5) is 28.7 Å². The average Bonchev–Trinajstić information content (AvgIpc) is 3.35. The van der Waals surface area contributed by atoms with Gasteiger partial charge < -0.3 is 19.3 Å². The molecule has 2 aromatic carbocycles. The fourth-order valence-electron chi connectivity index (χ4n) is 4.34. The minimum atomic E-state index is -1.73. The van der Waals surface area contributed by atoms with Crippen molar-refractivity contribution in [3.63, 3.8) is 0 Å². The average molecular weight is 643 g/mol. The third-order valence-corrected chi connectivity index (χ3v) is 6.48. The predicted molar refractivity (Wildman–Crippen MR) is 164 cm³/mol. The van der Waals surface area contributed by atoms with Crippen molar-refractivity contribution in [1.82, 2.24) is 14.6 Å². The Labute approximate surface area is 264 Å². The van der Waals surface area contributed by atoms with E-state index in [1.54, 1.807) is 66.7 Å². The Morgan fingerprint density at radius 3 is 2.15 bits per heavy atom. The molecule has 10 nitrogen and oxygen atoms in total. The third kappa shape index (κ3) is 8.33. The summed E-state index contributed by atoms with van der Waals surface area (Å²) in [5.74, 6) is -1.61. The van der Waals surface area contributed by atoms with E-state index in [0.29, 0.717) is 16.0 Å². The largest absolute Gasteiger partial charge is 0.490 e. The molecule has 1 N–H and O–H groups in total. The Hall–Kier alpha value is -4.65. The standard InChI is InChI=1S/C33H37F3N4O6/c1-19-8-13-23(26(36)28(19)44-17-15-24(35)27(41)20-9-11-22(34)12-10-20)21-14-16-39-25(18-21)37-29(38-39)40(30(42)45-32(2,3)4)31(43)46-33(5,6)7/h8-14,16,18,24,27,41H,15,17H2,1-7H3. The molecule has 0 aliphatic heterocycles. The van der Waals surface area contributed by atoms with Gasteiger partial charge in [0.25, 0.3) is 5.95 Å². The first-order valence-electron chi connectivity index (χ1n) is 14.6. The zero-order chi connectivity index (χ0) is 34.0. The molecule has 0 aliphatic rings. The van der Waals surface area contributed by atoms with E-state index in [4.69, 9.17) is 14.2 Å². The highest BCUT2D eigenvalue weighted by Gasteiger charge is 2.35. The van der Waals surface area contributed by atoms with E-state index < -0.39 is 47.3 Å². The van der Waals surface area contributed by atoms with E-state index in [2.05, 4.69) is 10.1 Å². The zero-order valence-corrected chi connectivity index (χ0v) is 26.7. The second kappa shape index (κ2) is 13.4. The lowest BCUT2D eigenvalue weighted by Crippen LogP contribution is -2.44. The number of rotatable bonds is 8. The maximum Gasteiger partial charge on any atom is 0.427 e. The summed E-state index contributed by atoms with van der Waals surface area (Å²) in [5.41, 5.74) is -0.476. The summed E-state index contributed by atoms with van der Waals surface area (Å²) >= 11 is 0. The molecule has 46 heavy (non-hydrogen) atoms. The summed E-state index contributed by atoms with van der Waals surface area (Å²) in [4.78, 5) is 30.9. The van der Waals surface area contributed by atoms with E-state index in [9.17, 15) is 23.5 Å². The number of carbonyl (C=O) groups excluding carboxylic acids is 2. The van der Waals surface area contributed by atoms with Crippen LogP contribution >= 0.6 is 0 Å². The van der Waals surface area contributed by atoms with E-state index >= 15 is 4.39 Å². The first-order valence-corrected chi connectivity index (χ1v) is 14.6. The number of benzene rings is 2. The van der Waals surface area contributed by atoms with Crippen LogP contribution in [0.25, 0.3) is 16.8 Å². The summed E-state index contributed by atoms with van der Waals surface area (Å²) < 4.78 is 61.4. The maximum atomic E-state index is 15.8. The van der Waals surface area contributed by atoms with Gasteiger partial charge in [0.1, 0.15) is 29.3 Å². The molecule has 4 rings (SSSR count). The van der Waals surface area contributed by atoms with Crippen molar-refractivity contribution in [2.24, 2.45) is 0 Å². The number of imide groups is 1. The van der Waals surface area contributed by atoms with Gasteiger partial charge in [-0.15, -0.1) is 10.00 Å². The van der Waals surface area contributed by atoms with Crippen LogP contribution in [-0.2, 0) is 9.47 Å². The van der Waals surface area contributed by atoms with Gasteiger partial charge in [0.05, 0.1) is 6.61 Å². The number of halogens is 3. The maximum absolute atomic E-state index is 15.8. The number of hydrogen-bond donors (Lipinski definition) is 1. The Kier molecular flexibility index (Phi) is 9.95. The van der Waals surface area contributed by atoms with E-state index in [0.717, 1.165) is 12.1 Å². The van der Waals surface area contributed by atoms with Crippen LogP contribution in [0, 0.1) is 18.6 Å². The molecule has 0 bridgehead atoms. The number of hydrogen-bond acceptors (Lipinski definition) is 8. The van der Waals surface area contributed by atoms with E-state index in [1.165, 1.54) is 28.9 Å². The molecule has 2 atom stereocenters. The van der Waals surface area contributed by atoms with Crippen molar-refractivity contribution in [3.05, 3.63) is 77.5 Å². The number of nitrogens with zero attached hydrogens (tertiary/aromatic N) is 4. The van der Waals surface area contributed by atoms with Gasteiger partial charge in [-0.05, 0) is 89.4 Å². The number of carbonyl (C=O) groups is 2. The summed E-state index contributed by atoms with van der Waals surface area (Å²) in [6, 6.07) is 11.1. The highest BCUT2D eigenvalue weighted by atomic mass is 19.1. The number of aliphatic hydroxyl groups is 1. The molecule has 2 aromatic heterocycles. The Morgan fingerprint density at radius 1 is 0.957 bits per heavy atom. The molecule has 2 heterocycles. The fourth-order valence-corrected chi connectivity index (χ4v) is 4.34. The number of ether oxygens (including phenoxy) is 3. The molecule has 4 aromatic rings. The van der Waals surface area contributed by atoms with Gasteiger partial charge in [-0.1, -0.05) is 24.3 Å². The van der Waals surface area contributed by atoms with Gasteiger partial charge >= 0.3 is 12.2 Å². The highest BCUT2D eigenvalue weighted by Crippen LogP contribution is 2.33. The predicted octanol–water partition coefficient (Wildman–Crippen LogP) is 7.50. The first kappa shape index (κ1) is 34.2. The molecule has 0 radical (unpaired) electrons. The molecule has 0 saturated heterocycles. The fraction of sp³-hybridized carbons (Fsp3) is 0.394. The smallest absolute Gasteiger partial charge is 0.427 e. The minimum Gasteiger partial charge on any atom is -0.490 e. The molecule has 246 valence electrons. The van der Waals surface area contributed by atoms with Crippen LogP contribution in [0.15, 0.2) is 54.7 Å². The molecule has 2 unspecified atom stereocenters. The van der Waals surface area contributed by atoms with Gasteiger partial charge in [-0.25, -0.2) is 27.3 Å². The number of alkyl halides is 1. The van der Waals surface area contributed by atoms with Crippen LogP contribution in [-0.4, -0.2) is 55.9 Å². The van der Waals surface area contributed by atoms with Crippen molar-refractivity contribution in [2.45, 2.75) is 78.4 Å². The van der Waals surface area contributed by atoms with Gasteiger partial charge in [-0.3, -0.25) is 0 Å². The normalized spacial score (nSPS) is 13.3. The van der Waals surface area contributed by atoms with Gasteiger partial charge in [0.2, 0.25) is 0 Å². The van der Waals surface area contributed by atoms with E-state index in [1.807, 2.05) is 0 Å². The summed E-state index contributed by atoms with van der Waals surface area (Å²) in [5, 5.41) is 14.5. The lowest BCUT2D eigenvalue weighted by atomic mass is 10.0. The molecular weight excluding hydrogens is 605 g/mol. The summed E-state index contributed by atoms with van der Waals surface area (Å²) in [7, 11) is 0. The van der Waals surface area contributed by atoms with Gasteiger partial charge in [0.15, 0.2) is 17.2 Å². The second-order valence-corrected chi connectivity index (χ2v) is 12.6. The van der Waals surface area contributed by atoms with Gasteiger partial charge in [-0.2, -0.15) is 4.98 Å². The lowest BCUT2D eigenvalue weighted by molar-refractivity contribution is 0.0427. The Bertz CT molecular complexity index is 1690. The van der Waals surface area contributed by atoms with Crippen molar-refractivity contribution in [1.29, 1.82) is 0 Å².